The lowest BCUT2D eigenvalue weighted by atomic mass is 10.1. The molecule has 0 saturated heterocycles. The van der Waals surface area contributed by atoms with Crippen LogP contribution in [0, 0.1) is 13.8 Å². The van der Waals surface area contributed by atoms with Gasteiger partial charge in [0.15, 0.2) is 5.76 Å². The van der Waals surface area contributed by atoms with Crippen LogP contribution in [0.15, 0.2) is 65.3 Å². The van der Waals surface area contributed by atoms with Gasteiger partial charge in [0.25, 0.3) is 5.91 Å². The Hall–Kier alpha value is -3.54. The maximum Gasteiger partial charge on any atom is 0.286 e. The second kappa shape index (κ2) is 10.9. The van der Waals surface area contributed by atoms with Gasteiger partial charge in [0.05, 0.1) is 23.9 Å². The summed E-state index contributed by atoms with van der Waals surface area (Å²) in [6, 6.07) is 17.9. The number of para-hydroxylation sites is 2. The number of aryl methyl sites for hydroxylation is 4. The van der Waals surface area contributed by atoms with Gasteiger partial charge in [0.2, 0.25) is 0 Å². The highest BCUT2D eigenvalue weighted by Crippen LogP contribution is 2.20. The van der Waals surface area contributed by atoms with Gasteiger partial charge in [-0.05, 0) is 69.0 Å². The molecule has 0 aliphatic carbocycles. The first kappa shape index (κ1) is 22.6. The summed E-state index contributed by atoms with van der Waals surface area (Å²) in [5.74, 6) is 2.17. The molecular formula is C27H31N3O3. The highest BCUT2D eigenvalue weighted by Gasteiger charge is 2.11. The quantitative estimate of drug-likeness (QED) is 0.311. The fraction of sp³-hybridized carbons (Fsp3) is 0.333. The van der Waals surface area contributed by atoms with E-state index in [0.29, 0.717) is 18.9 Å². The Morgan fingerprint density at radius 2 is 1.94 bits per heavy atom. The summed E-state index contributed by atoms with van der Waals surface area (Å²) in [6.07, 6.45) is 5.09. The highest BCUT2D eigenvalue weighted by atomic mass is 16.5. The Labute approximate surface area is 194 Å². The molecule has 0 saturated carbocycles. The van der Waals surface area contributed by atoms with Crippen molar-refractivity contribution in [2.45, 2.75) is 46.1 Å². The normalized spacial score (nSPS) is 11.1. The predicted octanol–water partition coefficient (Wildman–Crippen LogP) is 5.47. The highest BCUT2D eigenvalue weighted by molar-refractivity contribution is 5.91. The summed E-state index contributed by atoms with van der Waals surface area (Å²) in [5, 5.41) is 2.91. The third-order valence-electron chi connectivity index (χ3n) is 5.71. The van der Waals surface area contributed by atoms with Gasteiger partial charge in [0.1, 0.15) is 11.6 Å². The van der Waals surface area contributed by atoms with E-state index < -0.39 is 0 Å². The van der Waals surface area contributed by atoms with Gasteiger partial charge in [0, 0.05) is 19.5 Å². The zero-order valence-corrected chi connectivity index (χ0v) is 19.3. The molecule has 1 amide bonds. The molecule has 0 aliphatic heterocycles. The van der Waals surface area contributed by atoms with Crippen LogP contribution in [0.25, 0.3) is 11.0 Å². The van der Waals surface area contributed by atoms with E-state index in [0.717, 1.165) is 54.8 Å². The standard InChI is InChI=1S/C27H31N3O3/c1-20-13-14-24(21(2)19-20)32-17-6-5-16-30-23-10-4-3-9-22(23)29-26(30)12-7-15-28-27(31)25-11-8-18-33-25/h3-4,8-11,13-14,18-19H,5-7,12,15-17H2,1-2H3,(H,28,31). The monoisotopic (exact) mass is 445 g/mol. The average molecular weight is 446 g/mol. The average Bonchev–Trinajstić information content (AvgIpc) is 3.46. The van der Waals surface area contributed by atoms with Crippen molar-refractivity contribution in [1.29, 1.82) is 0 Å². The van der Waals surface area contributed by atoms with Crippen molar-refractivity contribution in [2.75, 3.05) is 13.2 Å². The summed E-state index contributed by atoms with van der Waals surface area (Å²) in [4.78, 5) is 16.9. The van der Waals surface area contributed by atoms with Crippen LogP contribution in [0.1, 0.15) is 46.8 Å². The molecule has 0 atom stereocenters. The van der Waals surface area contributed by atoms with E-state index in [1.54, 1.807) is 12.1 Å². The Bertz CT molecular complexity index is 1190. The summed E-state index contributed by atoms with van der Waals surface area (Å²) < 4.78 is 13.4. The Balaban J connectivity index is 1.29. The van der Waals surface area contributed by atoms with Gasteiger partial charge in [-0.2, -0.15) is 0 Å². The first-order chi connectivity index (χ1) is 16.1. The lowest BCUT2D eigenvalue weighted by Gasteiger charge is -2.12. The topological polar surface area (TPSA) is 69.3 Å². The molecule has 2 aromatic heterocycles. The predicted molar refractivity (Wildman–Crippen MR) is 130 cm³/mol. The fourth-order valence-corrected chi connectivity index (χ4v) is 4.02. The molecule has 0 bridgehead atoms. The molecule has 4 aromatic rings. The van der Waals surface area contributed by atoms with Gasteiger partial charge in [-0.1, -0.05) is 29.8 Å². The van der Waals surface area contributed by atoms with Crippen LogP contribution in [0.4, 0.5) is 0 Å². The van der Waals surface area contributed by atoms with Crippen LogP contribution in [0.3, 0.4) is 0 Å². The Morgan fingerprint density at radius 3 is 2.76 bits per heavy atom. The molecule has 2 heterocycles. The van der Waals surface area contributed by atoms with Crippen molar-refractivity contribution in [1.82, 2.24) is 14.9 Å². The van der Waals surface area contributed by atoms with E-state index in [-0.39, 0.29) is 5.91 Å². The number of hydrogen-bond donors (Lipinski definition) is 1. The first-order valence-electron chi connectivity index (χ1n) is 11.6. The molecule has 6 nitrogen and oxygen atoms in total. The molecule has 0 aliphatic rings. The van der Waals surface area contributed by atoms with E-state index in [4.69, 9.17) is 14.1 Å². The third-order valence-corrected chi connectivity index (χ3v) is 5.71. The van der Waals surface area contributed by atoms with Crippen LogP contribution in [0.5, 0.6) is 5.75 Å². The Morgan fingerprint density at radius 1 is 1.06 bits per heavy atom. The number of nitrogens with zero attached hydrogens (tertiary/aromatic N) is 2. The molecule has 2 aromatic carbocycles. The van der Waals surface area contributed by atoms with Crippen LogP contribution in [-0.2, 0) is 13.0 Å². The van der Waals surface area contributed by atoms with E-state index in [2.05, 4.69) is 60.1 Å². The van der Waals surface area contributed by atoms with Gasteiger partial charge in [-0.3, -0.25) is 4.79 Å². The van der Waals surface area contributed by atoms with Gasteiger partial charge in [-0.15, -0.1) is 0 Å². The minimum atomic E-state index is -0.183. The number of benzene rings is 2. The van der Waals surface area contributed by atoms with Crippen molar-refractivity contribution < 1.29 is 13.9 Å². The SMILES string of the molecule is Cc1ccc(OCCCCn2c(CCCNC(=O)c3ccco3)nc3ccccc32)c(C)c1. The maximum absolute atomic E-state index is 12.0. The van der Waals surface area contributed by atoms with E-state index in [9.17, 15) is 4.79 Å². The lowest BCUT2D eigenvalue weighted by Crippen LogP contribution is -2.24. The molecule has 0 unspecified atom stereocenters. The first-order valence-corrected chi connectivity index (χ1v) is 11.6. The second-order valence-corrected chi connectivity index (χ2v) is 8.33. The number of ether oxygens (including phenoxy) is 1. The summed E-state index contributed by atoms with van der Waals surface area (Å²) in [5.41, 5.74) is 4.60. The number of rotatable bonds is 11. The molecule has 4 rings (SSSR count). The van der Waals surface area contributed by atoms with Crippen LogP contribution >= 0.6 is 0 Å². The zero-order chi connectivity index (χ0) is 23.0. The van der Waals surface area contributed by atoms with Crippen molar-refractivity contribution in [2.24, 2.45) is 0 Å². The third kappa shape index (κ3) is 5.83. The number of aromatic nitrogens is 2. The fourth-order valence-electron chi connectivity index (χ4n) is 4.02. The van der Waals surface area contributed by atoms with Crippen molar-refractivity contribution in [3.8, 4) is 5.75 Å². The molecule has 0 fully saturated rings. The molecule has 33 heavy (non-hydrogen) atoms. The minimum absolute atomic E-state index is 0.183. The van der Waals surface area contributed by atoms with Crippen molar-refractivity contribution in [3.63, 3.8) is 0 Å². The van der Waals surface area contributed by atoms with Gasteiger partial charge >= 0.3 is 0 Å². The number of imidazole rings is 1. The number of amides is 1. The number of unbranched alkanes of at least 4 members (excludes halogenated alkanes) is 1. The number of carbonyl (C=O) groups is 1. The number of furan rings is 1. The number of fused-ring (bicyclic) bond motifs is 1. The summed E-state index contributed by atoms with van der Waals surface area (Å²) >= 11 is 0. The smallest absolute Gasteiger partial charge is 0.286 e. The van der Waals surface area contributed by atoms with Gasteiger partial charge in [-0.25, -0.2) is 4.98 Å². The molecule has 0 radical (unpaired) electrons. The van der Waals surface area contributed by atoms with Gasteiger partial charge < -0.3 is 19.0 Å². The second-order valence-electron chi connectivity index (χ2n) is 8.33. The lowest BCUT2D eigenvalue weighted by molar-refractivity contribution is 0.0925. The zero-order valence-electron chi connectivity index (χ0n) is 19.3. The Kier molecular flexibility index (Phi) is 7.45. The molecule has 1 N–H and O–H groups in total. The number of nitrogens with one attached hydrogen (secondary N) is 1. The molecule has 0 spiro atoms. The number of carbonyl (C=O) groups excluding carboxylic acids is 1. The van der Waals surface area contributed by atoms with E-state index >= 15 is 0 Å². The van der Waals surface area contributed by atoms with Crippen molar-refractivity contribution >= 4 is 16.9 Å². The molecular weight excluding hydrogens is 414 g/mol. The number of hydrogen-bond acceptors (Lipinski definition) is 4. The van der Waals surface area contributed by atoms with E-state index in [1.807, 2.05) is 6.07 Å². The van der Waals surface area contributed by atoms with Crippen molar-refractivity contribution in [3.05, 3.63) is 83.6 Å². The maximum atomic E-state index is 12.0. The molecule has 172 valence electrons. The minimum Gasteiger partial charge on any atom is -0.493 e. The summed E-state index contributed by atoms with van der Waals surface area (Å²) in [7, 11) is 0. The van der Waals surface area contributed by atoms with E-state index in [1.165, 1.54) is 17.4 Å². The van der Waals surface area contributed by atoms with Crippen LogP contribution in [-0.4, -0.2) is 28.6 Å². The van der Waals surface area contributed by atoms with Crippen LogP contribution < -0.4 is 10.1 Å². The van der Waals surface area contributed by atoms with Crippen LogP contribution in [0.2, 0.25) is 0 Å². The summed E-state index contributed by atoms with van der Waals surface area (Å²) in [6.45, 7) is 6.35. The molecule has 6 heteroatoms. The largest absolute Gasteiger partial charge is 0.493 e.